The molecule has 2 fully saturated rings. The maximum atomic E-state index is 12.8. The van der Waals surface area contributed by atoms with Crippen molar-refractivity contribution >= 4 is 23.0 Å². The first kappa shape index (κ1) is 24.8. The van der Waals surface area contributed by atoms with Crippen LogP contribution in [0.3, 0.4) is 0 Å². The number of alkyl halides is 5. The molecule has 0 aromatic carbocycles. The fourth-order valence-corrected chi connectivity index (χ4v) is 3.93. The van der Waals surface area contributed by atoms with E-state index < -0.39 is 31.1 Å². The number of rotatable bonds is 4. The Kier molecular flexibility index (Phi) is 7.52. The second kappa shape index (κ2) is 10.00. The van der Waals surface area contributed by atoms with E-state index in [0.29, 0.717) is 37.1 Å². The molecule has 3 atom stereocenters. The summed E-state index contributed by atoms with van der Waals surface area (Å²) in [7, 11) is 2.07. The van der Waals surface area contributed by atoms with Crippen LogP contribution in [-0.2, 0) is 20.8 Å². The molecule has 0 spiro atoms. The number of likely N-dealkylation sites (N-methyl/N-ethyl adjacent to an activating group) is 1. The van der Waals surface area contributed by atoms with E-state index in [1.807, 2.05) is 0 Å². The zero-order chi connectivity index (χ0) is 24.3. The van der Waals surface area contributed by atoms with E-state index in [1.165, 1.54) is 17.0 Å². The molecule has 33 heavy (non-hydrogen) atoms. The quantitative estimate of drug-likeness (QED) is 0.532. The van der Waals surface area contributed by atoms with Crippen LogP contribution in [0.5, 0.6) is 0 Å². The minimum Gasteiger partial charge on any atom is -0.475 e. The van der Waals surface area contributed by atoms with Gasteiger partial charge in [-0.1, -0.05) is 0 Å². The zero-order valence-corrected chi connectivity index (χ0v) is 17.5. The van der Waals surface area contributed by atoms with Gasteiger partial charge in [0.05, 0.1) is 25.3 Å². The van der Waals surface area contributed by atoms with Crippen molar-refractivity contribution in [2.24, 2.45) is 0 Å². The van der Waals surface area contributed by atoms with Crippen molar-refractivity contribution in [3.05, 3.63) is 30.1 Å². The van der Waals surface area contributed by atoms with Crippen molar-refractivity contribution in [3.63, 3.8) is 0 Å². The molecule has 2 aliphatic heterocycles. The summed E-state index contributed by atoms with van der Waals surface area (Å²) in [6.45, 7) is 0.772. The molecule has 2 aliphatic rings. The highest BCUT2D eigenvalue weighted by atomic mass is 19.4. The van der Waals surface area contributed by atoms with Crippen molar-refractivity contribution in [3.8, 4) is 0 Å². The molecule has 2 aromatic rings. The monoisotopic (exact) mass is 479 g/mol. The highest BCUT2D eigenvalue weighted by Gasteiger charge is 2.39. The Morgan fingerprint density at radius 3 is 2.42 bits per heavy atom. The topological polar surface area (TPSA) is 93.9 Å². The van der Waals surface area contributed by atoms with E-state index in [-0.39, 0.29) is 23.8 Å². The molecule has 2 saturated heterocycles. The molecule has 13 heteroatoms. The maximum absolute atomic E-state index is 12.8. The average Bonchev–Trinajstić information content (AvgIpc) is 3.07. The number of carbonyl (C=O) groups is 2. The molecular weight excluding hydrogens is 457 g/mol. The lowest BCUT2D eigenvalue weighted by Gasteiger charge is -2.46. The number of piperidine rings is 1. The van der Waals surface area contributed by atoms with Gasteiger partial charge in [0, 0.05) is 42.7 Å². The summed E-state index contributed by atoms with van der Waals surface area (Å²) in [6.07, 6.45) is -3.42. The Morgan fingerprint density at radius 2 is 1.88 bits per heavy atom. The summed E-state index contributed by atoms with van der Waals surface area (Å²) in [5.41, 5.74) is 0.655. The van der Waals surface area contributed by atoms with Crippen molar-refractivity contribution in [2.75, 3.05) is 20.3 Å². The van der Waals surface area contributed by atoms with Gasteiger partial charge >= 0.3 is 18.1 Å². The number of morpholine rings is 1. The highest BCUT2D eigenvalue weighted by molar-refractivity contribution is 6.03. The van der Waals surface area contributed by atoms with Gasteiger partial charge in [0.1, 0.15) is 11.8 Å². The fraction of sp³-hybridized carbons (Fsp3) is 0.550. The summed E-state index contributed by atoms with van der Waals surface area (Å²) in [6, 6.07) is 3.87. The van der Waals surface area contributed by atoms with Gasteiger partial charge in [0.25, 0.3) is 6.43 Å². The Labute approximate surface area is 184 Å². The molecule has 0 radical (unpaired) electrons. The second-order valence-electron chi connectivity index (χ2n) is 7.77. The minimum absolute atomic E-state index is 0.192. The Balaban J connectivity index is 0.000000383. The summed E-state index contributed by atoms with van der Waals surface area (Å²) < 4.78 is 70.0. The molecule has 0 amide bonds. The molecule has 2 bridgehead atoms. The second-order valence-corrected chi connectivity index (χ2v) is 7.77. The SMILES string of the molecule is CN1[C@@H]2COC[C@H]1C[C@@H](OC(=O)c1cn(CC(F)F)c3ncccc13)C2.O=C(O)C(F)(F)F. The molecule has 4 heterocycles. The van der Waals surface area contributed by atoms with Crippen LogP contribution in [0.15, 0.2) is 24.5 Å². The molecular formula is C20H22F5N3O5. The van der Waals surface area contributed by atoms with Crippen molar-refractivity contribution in [2.45, 2.75) is 50.2 Å². The van der Waals surface area contributed by atoms with Gasteiger partial charge in [-0.15, -0.1) is 0 Å². The normalized spacial score (nSPS) is 23.2. The Bertz CT molecular complexity index is 982. The highest BCUT2D eigenvalue weighted by Crippen LogP contribution is 2.29. The fourth-order valence-electron chi connectivity index (χ4n) is 3.93. The molecule has 2 aromatic heterocycles. The van der Waals surface area contributed by atoms with Crippen molar-refractivity contribution in [1.82, 2.24) is 14.5 Å². The van der Waals surface area contributed by atoms with E-state index in [4.69, 9.17) is 19.4 Å². The number of carbonyl (C=O) groups excluding carboxylic acids is 1. The summed E-state index contributed by atoms with van der Waals surface area (Å²) in [4.78, 5) is 28.1. The van der Waals surface area contributed by atoms with Crippen molar-refractivity contribution in [1.29, 1.82) is 0 Å². The molecule has 0 unspecified atom stereocenters. The predicted molar refractivity (Wildman–Crippen MR) is 104 cm³/mol. The third-order valence-corrected chi connectivity index (χ3v) is 5.55. The maximum Gasteiger partial charge on any atom is 0.490 e. The van der Waals surface area contributed by atoms with Crippen LogP contribution >= 0.6 is 0 Å². The van der Waals surface area contributed by atoms with Gasteiger partial charge in [-0.25, -0.2) is 23.4 Å². The number of pyridine rings is 1. The van der Waals surface area contributed by atoms with Gasteiger partial charge in [-0.3, -0.25) is 4.90 Å². The lowest BCUT2D eigenvalue weighted by molar-refractivity contribution is -0.192. The van der Waals surface area contributed by atoms with Gasteiger partial charge in [0.15, 0.2) is 0 Å². The number of aliphatic carboxylic acids is 1. The van der Waals surface area contributed by atoms with Gasteiger partial charge < -0.3 is 19.1 Å². The number of hydrogen-bond donors (Lipinski definition) is 1. The van der Waals surface area contributed by atoms with E-state index in [2.05, 4.69) is 16.9 Å². The Morgan fingerprint density at radius 1 is 1.27 bits per heavy atom. The predicted octanol–water partition coefficient (Wildman–Crippen LogP) is 2.95. The van der Waals surface area contributed by atoms with Crippen LogP contribution in [0.1, 0.15) is 23.2 Å². The van der Waals surface area contributed by atoms with Crippen LogP contribution in [-0.4, -0.2) is 82.5 Å². The van der Waals surface area contributed by atoms with Crippen LogP contribution in [0.25, 0.3) is 11.0 Å². The summed E-state index contributed by atoms with van der Waals surface area (Å²) in [5, 5.41) is 7.66. The largest absolute Gasteiger partial charge is 0.490 e. The van der Waals surface area contributed by atoms with Gasteiger partial charge in [-0.05, 0) is 19.2 Å². The third-order valence-electron chi connectivity index (χ3n) is 5.55. The minimum atomic E-state index is -5.08. The number of fused-ring (bicyclic) bond motifs is 3. The summed E-state index contributed by atoms with van der Waals surface area (Å²) in [5.74, 6) is -3.24. The Hall–Kier alpha value is -2.80. The lowest BCUT2D eigenvalue weighted by atomic mass is 9.92. The molecule has 182 valence electrons. The summed E-state index contributed by atoms with van der Waals surface area (Å²) >= 11 is 0. The van der Waals surface area contributed by atoms with Gasteiger partial charge in [0.2, 0.25) is 0 Å². The zero-order valence-electron chi connectivity index (χ0n) is 17.5. The van der Waals surface area contributed by atoms with E-state index in [9.17, 15) is 26.7 Å². The number of ether oxygens (including phenoxy) is 2. The number of carboxylic acids is 1. The average molecular weight is 479 g/mol. The first-order chi connectivity index (χ1) is 15.5. The number of esters is 1. The smallest absolute Gasteiger partial charge is 0.475 e. The number of aromatic nitrogens is 2. The third kappa shape index (κ3) is 5.96. The number of halogens is 5. The van der Waals surface area contributed by atoms with Gasteiger partial charge in [-0.2, -0.15) is 13.2 Å². The van der Waals surface area contributed by atoms with Crippen molar-refractivity contribution < 1.29 is 46.1 Å². The van der Waals surface area contributed by atoms with E-state index >= 15 is 0 Å². The van der Waals surface area contributed by atoms with Crippen LogP contribution < -0.4 is 0 Å². The molecule has 0 saturated carbocycles. The van der Waals surface area contributed by atoms with E-state index in [0.717, 1.165) is 0 Å². The van der Waals surface area contributed by atoms with Crippen LogP contribution in [0.2, 0.25) is 0 Å². The van der Waals surface area contributed by atoms with E-state index in [1.54, 1.807) is 12.1 Å². The molecule has 4 rings (SSSR count). The number of nitrogens with zero attached hydrogens (tertiary/aromatic N) is 3. The first-order valence-electron chi connectivity index (χ1n) is 10.00. The van der Waals surface area contributed by atoms with Crippen LogP contribution in [0, 0.1) is 0 Å². The molecule has 0 aliphatic carbocycles. The number of hydrogen-bond acceptors (Lipinski definition) is 6. The first-order valence-corrected chi connectivity index (χ1v) is 10.00. The molecule has 8 nitrogen and oxygen atoms in total. The standard InChI is InChI=1S/C18H21F2N3O3.C2HF3O2/c1-22-11-5-13(6-12(22)10-25-9-11)26-18(24)15-7-23(8-16(19)20)17-14(15)3-2-4-21-17;3-2(4,5)1(6)7/h2-4,7,11-13,16H,5-6,8-10H2,1H3;(H,6,7)/t11-,12+,13-;. The molecule has 1 N–H and O–H groups in total. The van der Waals surface area contributed by atoms with Crippen LogP contribution in [0.4, 0.5) is 22.0 Å². The lowest BCUT2D eigenvalue weighted by Crippen LogP contribution is -2.56. The number of carboxylic acid groups (broad SMARTS) is 1.